The Morgan fingerprint density at radius 1 is 1.29 bits per heavy atom. The molecule has 4 heteroatoms. The number of para-hydroxylation sites is 1. The van der Waals surface area contributed by atoms with Crippen LogP contribution in [0.1, 0.15) is 24.1 Å². The number of fused-ring (bicyclic) bond motifs is 1. The Hall–Kier alpha value is -2.07. The summed E-state index contributed by atoms with van der Waals surface area (Å²) in [7, 11) is 0. The van der Waals surface area contributed by atoms with Crippen molar-refractivity contribution in [2.45, 2.75) is 19.4 Å². The first-order valence-corrected chi connectivity index (χ1v) is 8.02. The van der Waals surface area contributed by atoms with Crippen LogP contribution in [0.2, 0.25) is 0 Å². The van der Waals surface area contributed by atoms with Gasteiger partial charge in [-0.2, -0.15) is 0 Å². The molecule has 0 fully saturated rings. The fourth-order valence-electron chi connectivity index (χ4n) is 2.99. The summed E-state index contributed by atoms with van der Waals surface area (Å²) < 4.78 is 5.47. The van der Waals surface area contributed by atoms with E-state index in [-0.39, 0.29) is 0 Å². The first-order chi connectivity index (χ1) is 10.3. The van der Waals surface area contributed by atoms with Crippen LogP contribution in [0, 0.1) is 0 Å². The highest BCUT2D eigenvalue weighted by Gasteiger charge is 2.25. The number of thiophene rings is 1. The van der Waals surface area contributed by atoms with Crippen molar-refractivity contribution >= 4 is 17.0 Å². The average Bonchev–Trinajstić information content (AvgIpc) is 3.21. The van der Waals surface area contributed by atoms with Crippen molar-refractivity contribution in [2.75, 3.05) is 11.4 Å². The molecule has 0 N–H and O–H groups in total. The van der Waals surface area contributed by atoms with Gasteiger partial charge in [0.25, 0.3) is 0 Å². The summed E-state index contributed by atoms with van der Waals surface area (Å²) >= 11 is 1.67. The number of anilines is 1. The van der Waals surface area contributed by atoms with E-state index in [1.807, 2.05) is 6.07 Å². The minimum atomic E-state index is 0.574. The minimum Gasteiger partial charge on any atom is -0.365 e. The lowest BCUT2D eigenvalue weighted by Gasteiger charge is -2.17. The first-order valence-electron chi connectivity index (χ1n) is 7.14. The molecule has 0 radical (unpaired) electrons. The van der Waals surface area contributed by atoms with Gasteiger partial charge < -0.3 is 9.42 Å². The molecular formula is C17H16N2OS. The van der Waals surface area contributed by atoms with E-state index in [4.69, 9.17) is 4.52 Å². The Labute approximate surface area is 127 Å². The van der Waals surface area contributed by atoms with Crippen molar-refractivity contribution < 1.29 is 4.52 Å². The number of hydrogen-bond donors (Lipinski definition) is 0. The number of nitrogens with zero attached hydrogens (tertiary/aromatic N) is 2. The molecule has 2 aromatic heterocycles. The van der Waals surface area contributed by atoms with Gasteiger partial charge in [0, 0.05) is 24.2 Å². The van der Waals surface area contributed by atoms with Gasteiger partial charge in [-0.3, -0.25) is 0 Å². The molecule has 1 atom stereocenters. The van der Waals surface area contributed by atoms with Gasteiger partial charge in [-0.25, -0.2) is 0 Å². The summed E-state index contributed by atoms with van der Waals surface area (Å²) in [6.07, 6.45) is 0. The average molecular weight is 296 g/mol. The third kappa shape index (κ3) is 2.25. The lowest BCUT2D eigenvalue weighted by molar-refractivity contribution is 0.423. The van der Waals surface area contributed by atoms with Gasteiger partial charge in [0.1, 0.15) is 5.69 Å². The van der Waals surface area contributed by atoms with Crippen LogP contribution >= 0.6 is 11.3 Å². The van der Waals surface area contributed by atoms with E-state index >= 15 is 0 Å². The third-order valence-corrected chi connectivity index (χ3v) is 4.86. The monoisotopic (exact) mass is 296 g/mol. The summed E-state index contributed by atoms with van der Waals surface area (Å²) in [5, 5.41) is 6.28. The van der Waals surface area contributed by atoms with Crippen molar-refractivity contribution in [3.05, 3.63) is 59.1 Å². The van der Waals surface area contributed by atoms with Gasteiger partial charge in [0.15, 0.2) is 5.76 Å². The lowest BCUT2D eigenvalue weighted by atomic mass is 10.0. The predicted octanol–water partition coefficient (Wildman–Crippen LogP) is 4.53. The normalized spacial score (nSPS) is 17.2. The molecule has 0 unspecified atom stereocenters. The second-order valence-electron chi connectivity index (χ2n) is 5.50. The number of hydrogen-bond acceptors (Lipinski definition) is 4. The molecule has 1 aliphatic rings. The molecule has 1 aromatic carbocycles. The molecule has 0 spiro atoms. The molecule has 4 rings (SSSR count). The Balaban J connectivity index is 1.58. The lowest BCUT2D eigenvalue weighted by Crippen LogP contribution is -2.20. The van der Waals surface area contributed by atoms with Crippen LogP contribution in [0.5, 0.6) is 0 Å². The Kier molecular flexibility index (Phi) is 3.04. The highest BCUT2D eigenvalue weighted by atomic mass is 32.1. The topological polar surface area (TPSA) is 29.3 Å². The van der Waals surface area contributed by atoms with Crippen molar-refractivity contribution in [3.63, 3.8) is 0 Å². The quantitative estimate of drug-likeness (QED) is 0.711. The van der Waals surface area contributed by atoms with Crippen molar-refractivity contribution in [2.24, 2.45) is 0 Å². The fourth-order valence-corrected chi connectivity index (χ4v) is 3.66. The molecule has 0 saturated carbocycles. The molecule has 0 amide bonds. The zero-order valence-electron chi connectivity index (χ0n) is 11.8. The molecule has 21 heavy (non-hydrogen) atoms. The second-order valence-corrected chi connectivity index (χ2v) is 6.45. The van der Waals surface area contributed by atoms with Crippen LogP contribution in [0.15, 0.2) is 52.4 Å². The van der Waals surface area contributed by atoms with Gasteiger partial charge in [0.05, 0.1) is 11.4 Å². The third-order valence-electron chi connectivity index (χ3n) is 3.98. The van der Waals surface area contributed by atoms with Crippen LogP contribution in [-0.4, -0.2) is 11.7 Å². The predicted molar refractivity (Wildman–Crippen MR) is 85.7 cm³/mol. The second kappa shape index (κ2) is 5.04. The van der Waals surface area contributed by atoms with E-state index < -0.39 is 0 Å². The van der Waals surface area contributed by atoms with Gasteiger partial charge in [-0.05, 0) is 23.1 Å². The maximum absolute atomic E-state index is 5.47. The van der Waals surface area contributed by atoms with Gasteiger partial charge in [0.2, 0.25) is 0 Å². The maximum Gasteiger partial charge on any atom is 0.177 e. The minimum absolute atomic E-state index is 0.574. The molecule has 3 aromatic rings. The van der Waals surface area contributed by atoms with Gasteiger partial charge >= 0.3 is 0 Å². The van der Waals surface area contributed by atoms with Crippen LogP contribution in [0.4, 0.5) is 5.69 Å². The van der Waals surface area contributed by atoms with E-state index in [2.05, 4.69) is 58.8 Å². The van der Waals surface area contributed by atoms with Gasteiger partial charge in [-0.1, -0.05) is 36.3 Å². The summed E-state index contributed by atoms with van der Waals surface area (Å²) in [5.74, 6) is 1.44. The van der Waals surface area contributed by atoms with Crippen molar-refractivity contribution in [1.29, 1.82) is 0 Å². The van der Waals surface area contributed by atoms with E-state index in [0.29, 0.717) is 5.92 Å². The Morgan fingerprint density at radius 2 is 2.19 bits per heavy atom. The van der Waals surface area contributed by atoms with Crippen molar-refractivity contribution in [3.8, 4) is 10.6 Å². The number of rotatable bonds is 3. The summed E-state index contributed by atoms with van der Waals surface area (Å²) in [6.45, 7) is 4.12. The smallest absolute Gasteiger partial charge is 0.177 e. The fraction of sp³-hybridized carbons (Fsp3) is 0.235. The van der Waals surface area contributed by atoms with E-state index in [1.54, 1.807) is 11.3 Å². The van der Waals surface area contributed by atoms with Crippen LogP contribution in [0.3, 0.4) is 0 Å². The van der Waals surface area contributed by atoms with Crippen LogP contribution in [-0.2, 0) is 6.54 Å². The molecular weight excluding hydrogens is 280 g/mol. The largest absolute Gasteiger partial charge is 0.365 e. The molecule has 1 aliphatic heterocycles. The highest BCUT2D eigenvalue weighted by Crippen LogP contribution is 2.36. The number of benzene rings is 1. The van der Waals surface area contributed by atoms with Crippen LogP contribution in [0.25, 0.3) is 10.6 Å². The molecule has 0 aliphatic carbocycles. The molecule has 0 saturated heterocycles. The highest BCUT2D eigenvalue weighted by molar-refractivity contribution is 7.13. The number of aromatic nitrogens is 1. The van der Waals surface area contributed by atoms with E-state index in [0.717, 1.165) is 29.4 Å². The van der Waals surface area contributed by atoms with E-state index in [9.17, 15) is 0 Å². The maximum atomic E-state index is 5.47. The SMILES string of the molecule is C[C@@H]1CN(Cc2cc(-c3cccs3)on2)c2ccccc21. The Morgan fingerprint density at radius 3 is 3.05 bits per heavy atom. The first kappa shape index (κ1) is 12.7. The molecule has 106 valence electrons. The Bertz CT molecular complexity index is 748. The zero-order valence-corrected chi connectivity index (χ0v) is 12.6. The summed E-state index contributed by atoms with van der Waals surface area (Å²) in [4.78, 5) is 3.51. The summed E-state index contributed by atoms with van der Waals surface area (Å²) in [6, 6.07) is 14.8. The molecule has 3 nitrogen and oxygen atoms in total. The van der Waals surface area contributed by atoms with Crippen LogP contribution < -0.4 is 4.90 Å². The summed E-state index contributed by atoms with van der Waals surface area (Å²) in [5.41, 5.74) is 3.74. The standard InChI is InChI=1S/C17H16N2OS/c1-12-10-19(15-6-3-2-5-14(12)15)11-13-9-16(20-18-13)17-7-4-8-21-17/h2-9,12H,10-11H2,1H3/t12-/m1/s1. The van der Waals surface area contributed by atoms with E-state index in [1.165, 1.54) is 11.3 Å². The van der Waals surface area contributed by atoms with Gasteiger partial charge in [-0.15, -0.1) is 11.3 Å². The molecule has 3 heterocycles. The van der Waals surface area contributed by atoms with Crippen molar-refractivity contribution in [1.82, 2.24) is 5.16 Å². The zero-order chi connectivity index (χ0) is 14.2. The molecule has 0 bridgehead atoms.